The number of nitrogens with zero attached hydrogens (tertiary/aromatic N) is 2. The van der Waals surface area contributed by atoms with Crippen LogP contribution in [0.1, 0.15) is 17.2 Å². The lowest BCUT2D eigenvalue weighted by Gasteiger charge is -2.14. The summed E-state index contributed by atoms with van der Waals surface area (Å²) in [6.07, 6.45) is 1.52. The number of hydrogen-bond donors (Lipinski definition) is 2. The van der Waals surface area contributed by atoms with E-state index in [0.29, 0.717) is 11.4 Å². The highest BCUT2D eigenvalue weighted by Gasteiger charge is 2.19. The maximum Gasteiger partial charge on any atom is 0.312 e. The van der Waals surface area contributed by atoms with Crippen molar-refractivity contribution in [3.05, 3.63) is 59.9 Å². The van der Waals surface area contributed by atoms with Crippen LogP contribution in [0.3, 0.4) is 0 Å². The summed E-state index contributed by atoms with van der Waals surface area (Å²) in [6, 6.07) is 14.3. The summed E-state index contributed by atoms with van der Waals surface area (Å²) in [5.41, 5.74) is 1.76. The molecule has 5 nitrogen and oxygen atoms in total. The zero-order valence-corrected chi connectivity index (χ0v) is 10.7. The van der Waals surface area contributed by atoms with E-state index < -0.39 is 11.9 Å². The molecule has 0 aliphatic carbocycles. The monoisotopic (exact) mass is 267 g/mol. The third kappa shape index (κ3) is 3.33. The van der Waals surface area contributed by atoms with Crippen molar-refractivity contribution < 1.29 is 9.90 Å². The number of pyridine rings is 1. The van der Waals surface area contributed by atoms with Gasteiger partial charge in [0, 0.05) is 6.54 Å². The first-order valence-electron chi connectivity index (χ1n) is 6.08. The van der Waals surface area contributed by atoms with Crippen LogP contribution in [0.5, 0.6) is 0 Å². The molecule has 2 aromatic rings. The highest BCUT2D eigenvalue weighted by atomic mass is 16.4. The molecule has 1 unspecified atom stereocenters. The van der Waals surface area contributed by atoms with Gasteiger partial charge in [0.1, 0.15) is 11.8 Å². The highest BCUT2D eigenvalue weighted by molar-refractivity contribution is 5.77. The van der Waals surface area contributed by atoms with E-state index in [1.54, 1.807) is 24.3 Å². The predicted molar refractivity (Wildman–Crippen MR) is 74.3 cm³/mol. The minimum absolute atomic E-state index is 0.257. The van der Waals surface area contributed by atoms with Crippen molar-refractivity contribution in [3.8, 4) is 6.07 Å². The van der Waals surface area contributed by atoms with Crippen molar-refractivity contribution in [2.45, 2.75) is 5.92 Å². The fraction of sp³-hybridized carbons (Fsp3) is 0.133. The third-order valence-electron chi connectivity index (χ3n) is 2.89. The van der Waals surface area contributed by atoms with Gasteiger partial charge >= 0.3 is 5.97 Å². The van der Waals surface area contributed by atoms with E-state index in [4.69, 9.17) is 5.26 Å². The number of aromatic nitrogens is 1. The number of benzene rings is 1. The Morgan fingerprint density at radius 2 is 2.05 bits per heavy atom. The summed E-state index contributed by atoms with van der Waals surface area (Å²) in [5, 5.41) is 21.0. The van der Waals surface area contributed by atoms with Crippen LogP contribution in [-0.2, 0) is 4.79 Å². The molecule has 1 heterocycles. The van der Waals surface area contributed by atoms with E-state index in [9.17, 15) is 9.90 Å². The van der Waals surface area contributed by atoms with Crippen molar-refractivity contribution in [2.75, 3.05) is 11.9 Å². The molecule has 100 valence electrons. The third-order valence-corrected chi connectivity index (χ3v) is 2.89. The Kier molecular flexibility index (Phi) is 4.30. The zero-order chi connectivity index (χ0) is 14.4. The van der Waals surface area contributed by atoms with Crippen LogP contribution in [0.4, 0.5) is 5.69 Å². The van der Waals surface area contributed by atoms with Gasteiger partial charge in [-0.15, -0.1) is 0 Å². The highest BCUT2D eigenvalue weighted by Crippen LogP contribution is 2.17. The molecule has 2 N–H and O–H groups in total. The minimum atomic E-state index is -0.884. The molecule has 0 bridgehead atoms. The van der Waals surface area contributed by atoms with Crippen LogP contribution in [0.15, 0.2) is 48.7 Å². The second-order valence-electron chi connectivity index (χ2n) is 4.23. The molecule has 0 spiro atoms. The van der Waals surface area contributed by atoms with Crippen molar-refractivity contribution >= 4 is 11.7 Å². The van der Waals surface area contributed by atoms with Gasteiger partial charge < -0.3 is 10.4 Å². The molecule has 1 atom stereocenters. The number of nitriles is 1. The molecule has 1 aromatic carbocycles. The first-order valence-corrected chi connectivity index (χ1v) is 6.08. The summed E-state index contributed by atoms with van der Waals surface area (Å²) in [6.45, 7) is 0.257. The quantitative estimate of drug-likeness (QED) is 0.867. The van der Waals surface area contributed by atoms with Gasteiger partial charge in [-0.05, 0) is 17.7 Å². The number of carbonyl (C=O) groups is 1. The molecular weight excluding hydrogens is 254 g/mol. The summed E-state index contributed by atoms with van der Waals surface area (Å²) in [4.78, 5) is 15.2. The first-order chi connectivity index (χ1) is 9.70. The lowest BCUT2D eigenvalue weighted by molar-refractivity contribution is -0.138. The summed E-state index contributed by atoms with van der Waals surface area (Å²) < 4.78 is 0. The normalized spacial score (nSPS) is 11.3. The van der Waals surface area contributed by atoms with E-state index in [1.807, 2.05) is 24.3 Å². The summed E-state index contributed by atoms with van der Waals surface area (Å²) >= 11 is 0. The van der Waals surface area contributed by atoms with Crippen LogP contribution in [-0.4, -0.2) is 22.6 Å². The molecule has 0 aliphatic heterocycles. The standard InChI is InChI=1S/C15H13N3O2/c16-8-12-6-7-13(9-17-12)18-10-14(15(19)20)11-4-2-1-3-5-11/h1-7,9,14,18H,10H2,(H,19,20). The Hall–Kier alpha value is -2.87. The van der Waals surface area contributed by atoms with Crippen molar-refractivity contribution in [1.82, 2.24) is 4.98 Å². The second kappa shape index (κ2) is 6.34. The van der Waals surface area contributed by atoms with Gasteiger partial charge in [-0.3, -0.25) is 4.79 Å². The second-order valence-corrected chi connectivity index (χ2v) is 4.23. The van der Waals surface area contributed by atoms with Crippen LogP contribution < -0.4 is 5.32 Å². The molecule has 1 aromatic heterocycles. The van der Waals surface area contributed by atoms with E-state index in [2.05, 4.69) is 10.3 Å². The van der Waals surface area contributed by atoms with Gasteiger partial charge in [-0.1, -0.05) is 30.3 Å². The maximum absolute atomic E-state index is 11.3. The average Bonchev–Trinajstić information content (AvgIpc) is 2.49. The zero-order valence-electron chi connectivity index (χ0n) is 10.7. The number of hydrogen-bond acceptors (Lipinski definition) is 4. The van der Waals surface area contributed by atoms with Crippen LogP contribution in [0.25, 0.3) is 0 Å². The van der Waals surface area contributed by atoms with Crippen LogP contribution in [0.2, 0.25) is 0 Å². The fourth-order valence-corrected chi connectivity index (χ4v) is 1.82. The Labute approximate surface area is 116 Å². The molecule has 0 aliphatic rings. The van der Waals surface area contributed by atoms with E-state index in [1.165, 1.54) is 6.20 Å². The minimum Gasteiger partial charge on any atom is -0.481 e. The molecule has 5 heteroatoms. The molecule has 20 heavy (non-hydrogen) atoms. The van der Waals surface area contributed by atoms with Crippen molar-refractivity contribution in [1.29, 1.82) is 5.26 Å². The topological polar surface area (TPSA) is 86.0 Å². The van der Waals surface area contributed by atoms with Gasteiger partial charge in [0.25, 0.3) is 0 Å². The van der Waals surface area contributed by atoms with Gasteiger partial charge in [0.05, 0.1) is 17.8 Å². The van der Waals surface area contributed by atoms with Crippen LogP contribution in [0, 0.1) is 11.3 Å². The molecule has 0 fully saturated rings. The van der Waals surface area contributed by atoms with E-state index >= 15 is 0 Å². The SMILES string of the molecule is N#Cc1ccc(NCC(C(=O)O)c2ccccc2)cn1. The average molecular weight is 267 g/mol. The Morgan fingerprint density at radius 3 is 2.60 bits per heavy atom. The van der Waals surface area contributed by atoms with Gasteiger partial charge in [-0.25, -0.2) is 4.98 Å². The largest absolute Gasteiger partial charge is 0.481 e. The number of carboxylic acid groups (broad SMARTS) is 1. The summed E-state index contributed by atoms with van der Waals surface area (Å²) in [7, 11) is 0. The fourth-order valence-electron chi connectivity index (χ4n) is 1.82. The maximum atomic E-state index is 11.3. The molecule has 2 rings (SSSR count). The first kappa shape index (κ1) is 13.6. The van der Waals surface area contributed by atoms with Crippen molar-refractivity contribution in [3.63, 3.8) is 0 Å². The number of nitrogens with one attached hydrogen (secondary N) is 1. The Morgan fingerprint density at radius 1 is 1.30 bits per heavy atom. The van der Waals surface area contributed by atoms with E-state index in [-0.39, 0.29) is 6.54 Å². The van der Waals surface area contributed by atoms with E-state index in [0.717, 1.165) is 5.56 Å². The molecule has 0 saturated carbocycles. The number of anilines is 1. The van der Waals surface area contributed by atoms with Gasteiger partial charge in [0.15, 0.2) is 0 Å². The van der Waals surface area contributed by atoms with Crippen molar-refractivity contribution in [2.24, 2.45) is 0 Å². The predicted octanol–water partition coefficient (Wildman–Crippen LogP) is 2.23. The number of carboxylic acids is 1. The smallest absolute Gasteiger partial charge is 0.312 e. The van der Waals surface area contributed by atoms with Gasteiger partial charge in [0.2, 0.25) is 0 Å². The van der Waals surface area contributed by atoms with Gasteiger partial charge in [-0.2, -0.15) is 5.26 Å². The molecular formula is C15H13N3O2. The molecule has 0 radical (unpaired) electrons. The number of aliphatic carboxylic acids is 1. The molecule has 0 saturated heterocycles. The Balaban J connectivity index is 2.06. The lowest BCUT2D eigenvalue weighted by Crippen LogP contribution is -2.20. The molecule has 0 amide bonds. The summed E-state index contributed by atoms with van der Waals surface area (Å²) in [5.74, 6) is -1.52. The Bertz CT molecular complexity index is 618. The number of rotatable bonds is 5. The van der Waals surface area contributed by atoms with Crippen LogP contribution >= 0.6 is 0 Å². The lowest BCUT2D eigenvalue weighted by atomic mass is 9.99.